The molecule has 0 N–H and O–H groups in total. The summed E-state index contributed by atoms with van der Waals surface area (Å²) < 4.78 is 5.92. The van der Waals surface area contributed by atoms with Crippen molar-refractivity contribution in [3.8, 4) is 5.75 Å². The third kappa shape index (κ3) is 3.85. The van der Waals surface area contributed by atoms with Crippen LogP contribution in [0.15, 0.2) is 54.6 Å². The van der Waals surface area contributed by atoms with Crippen molar-refractivity contribution >= 4 is 0 Å². The highest BCUT2D eigenvalue weighted by atomic mass is 16.5. The second-order valence-electron chi connectivity index (χ2n) is 5.89. The van der Waals surface area contributed by atoms with E-state index >= 15 is 0 Å². The third-order valence-corrected chi connectivity index (χ3v) is 4.29. The molecule has 1 aliphatic rings. The maximum Gasteiger partial charge on any atom is 0.119 e. The summed E-state index contributed by atoms with van der Waals surface area (Å²) >= 11 is 0. The van der Waals surface area contributed by atoms with Crippen molar-refractivity contribution in [3.63, 3.8) is 0 Å². The number of hydrogen-bond donors (Lipinski definition) is 0. The average molecular weight is 281 g/mol. The van der Waals surface area contributed by atoms with E-state index in [1.807, 2.05) is 0 Å². The number of likely N-dealkylation sites (N-methyl/N-ethyl adjacent to an activating group) is 1. The molecule has 2 aromatic rings. The van der Waals surface area contributed by atoms with Gasteiger partial charge in [0.2, 0.25) is 0 Å². The monoisotopic (exact) mass is 281 g/mol. The molecule has 0 aromatic heterocycles. The SMILES string of the molecule is CN1CCC[C@H]1COc1ccc(Cc2ccccc2)cc1. The Morgan fingerprint density at radius 2 is 1.71 bits per heavy atom. The van der Waals surface area contributed by atoms with Crippen molar-refractivity contribution in [2.45, 2.75) is 25.3 Å². The molecule has 2 nitrogen and oxygen atoms in total. The minimum absolute atomic E-state index is 0.578. The fourth-order valence-corrected chi connectivity index (χ4v) is 2.92. The Balaban J connectivity index is 1.54. The summed E-state index contributed by atoms with van der Waals surface area (Å²) in [6.07, 6.45) is 3.52. The second kappa shape index (κ2) is 6.77. The molecular weight excluding hydrogens is 258 g/mol. The molecule has 1 heterocycles. The van der Waals surface area contributed by atoms with Gasteiger partial charge in [-0.25, -0.2) is 0 Å². The first-order valence-electron chi connectivity index (χ1n) is 7.77. The summed E-state index contributed by atoms with van der Waals surface area (Å²) in [6.45, 7) is 2.00. The fraction of sp³-hybridized carbons (Fsp3) is 0.368. The van der Waals surface area contributed by atoms with E-state index in [9.17, 15) is 0 Å². The van der Waals surface area contributed by atoms with E-state index in [0.29, 0.717) is 6.04 Å². The van der Waals surface area contributed by atoms with Gasteiger partial charge in [0, 0.05) is 6.04 Å². The lowest BCUT2D eigenvalue weighted by atomic mass is 10.1. The van der Waals surface area contributed by atoms with Crippen molar-refractivity contribution in [3.05, 3.63) is 65.7 Å². The summed E-state index contributed by atoms with van der Waals surface area (Å²) in [5.74, 6) is 0.979. The molecule has 3 rings (SSSR count). The maximum absolute atomic E-state index is 5.92. The molecule has 0 amide bonds. The zero-order chi connectivity index (χ0) is 14.5. The van der Waals surface area contributed by atoms with Crippen LogP contribution in [0.25, 0.3) is 0 Å². The predicted molar refractivity (Wildman–Crippen MR) is 86.8 cm³/mol. The van der Waals surface area contributed by atoms with Gasteiger partial charge in [-0.3, -0.25) is 0 Å². The molecule has 0 spiro atoms. The Hall–Kier alpha value is -1.80. The van der Waals surface area contributed by atoms with Gasteiger partial charge in [0.25, 0.3) is 0 Å². The van der Waals surface area contributed by atoms with Crippen molar-refractivity contribution < 1.29 is 4.74 Å². The van der Waals surface area contributed by atoms with Crippen LogP contribution < -0.4 is 4.74 Å². The van der Waals surface area contributed by atoms with Gasteiger partial charge in [-0.2, -0.15) is 0 Å². The van der Waals surface area contributed by atoms with Crippen molar-refractivity contribution in [1.82, 2.24) is 4.90 Å². The summed E-state index contributed by atoms with van der Waals surface area (Å²) in [7, 11) is 2.18. The molecule has 0 aliphatic carbocycles. The Bertz CT molecular complexity index is 550. The standard InChI is InChI=1S/C19H23NO/c1-20-13-5-8-18(20)15-21-19-11-9-17(10-12-19)14-16-6-3-2-4-7-16/h2-4,6-7,9-12,18H,5,8,13-15H2,1H3/t18-/m0/s1. The van der Waals surface area contributed by atoms with Crippen molar-refractivity contribution in [2.75, 3.05) is 20.2 Å². The summed E-state index contributed by atoms with van der Waals surface area (Å²) in [6, 6.07) is 19.7. The van der Waals surface area contributed by atoms with Gasteiger partial charge >= 0.3 is 0 Å². The van der Waals surface area contributed by atoms with Crippen LogP contribution >= 0.6 is 0 Å². The molecular formula is C19H23NO. The Morgan fingerprint density at radius 3 is 2.38 bits per heavy atom. The number of ether oxygens (including phenoxy) is 1. The van der Waals surface area contributed by atoms with Gasteiger partial charge in [-0.1, -0.05) is 42.5 Å². The predicted octanol–water partition coefficient (Wildman–Crippen LogP) is 3.75. The van der Waals surface area contributed by atoms with Gasteiger partial charge in [0.05, 0.1) is 0 Å². The van der Waals surface area contributed by atoms with Crippen LogP contribution in [0.1, 0.15) is 24.0 Å². The van der Waals surface area contributed by atoms with E-state index in [-0.39, 0.29) is 0 Å². The van der Waals surface area contributed by atoms with Crippen LogP contribution in [0.4, 0.5) is 0 Å². The van der Waals surface area contributed by atoms with Gasteiger partial charge < -0.3 is 9.64 Å². The molecule has 110 valence electrons. The lowest BCUT2D eigenvalue weighted by Gasteiger charge is -2.19. The molecule has 1 aliphatic heterocycles. The summed E-state index contributed by atoms with van der Waals surface area (Å²) in [4.78, 5) is 2.39. The minimum atomic E-state index is 0.578. The highest BCUT2D eigenvalue weighted by Gasteiger charge is 2.21. The first kappa shape index (κ1) is 14.2. The quantitative estimate of drug-likeness (QED) is 0.827. The molecule has 1 saturated heterocycles. The molecule has 2 aromatic carbocycles. The Kier molecular flexibility index (Phi) is 4.56. The molecule has 0 unspecified atom stereocenters. The van der Waals surface area contributed by atoms with E-state index in [4.69, 9.17) is 4.74 Å². The Labute approximate surface area is 127 Å². The third-order valence-electron chi connectivity index (χ3n) is 4.29. The molecule has 0 bridgehead atoms. The van der Waals surface area contributed by atoms with Crippen LogP contribution in [0.2, 0.25) is 0 Å². The van der Waals surface area contributed by atoms with Crippen LogP contribution in [0, 0.1) is 0 Å². The molecule has 0 saturated carbocycles. The molecule has 2 heteroatoms. The maximum atomic E-state index is 5.92. The number of nitrogens with zero attached hydrogens (tertiary/aromatic N) is 1. The Morgan fingerprint density at radius 1 is 1.00 bits per heavy atom. The second-order valence-corrected chi connectivity index (χ2v) is 5.89. The van der Waals surface area contributed by atoms with E-state index in [1.165, 1.54) is 30.5 Å². The summed E-state index contributed by atoms with van der Waals surface area (Å²) in [5.41, 5.74) is 2.67. The first-order valence-corrected chi connectivity index (χ1v) is 7.77. The van der Waals surface area contributed by atoms with Gasteiger partial charge in [0.1, 0.15) is 12.4 Å². The van der Waals surface area contributed by atoms with E-state index in [1.54, 1.807) is 0 Å². The zero-order valence-corrected chi connectivity index (χ0v) is 12.7. The lowest BCUT2D eigenvalue weighted by molar-refractivity contribution is 0.198. The number of likely N-dealkylation sites (tertiary alicyclic amines) is 1. The topological polar surface area (TPSA) is 12.5 Å². The molecule has 0 radical (unpaired) electrons. The van der Waals surface area contributed by atoms with Gasteiger partial charge in [0.15, 0.2) is 0 Å². The molecule has 1 atom stereocenters. The van der Waals surface area contributed by atoms with Crippen LogP contribution in [0.3, 0.4) is 0 Å². The van der Waals surface area contributed by atoms with E-state index in [0.717, 1.165) is 18.8 Å². The highest BCUT2D eigenvalue weighted by molar-refractivity contribution is 5.31. The van der Waals surface area contributed by atoms with E-state index < -0.39 is 0 Å². The van der Waals surface area contributed by atoms with Crippen LogP contribution in [-0.4, -0.2) is 31.1 Å². The van der Waals surface area contributed by atoms with Gasteiger partial charge in [-0.15, -0.1) is 0 Å². The first-order chi connectivity index (χ1) is 10.3. The molecule has 21 heavy (non-hydrogen) atoms. The van der Waals surface area contributed by atoms with Crippen molar-refractivity contribution in [1.29, 1.82) is 0 Å². The minimum Gasteiger partial charge on any atom is -0.492 e. The zero-order valence-electron chi connectivity index (χ0n) is 12.7. The normalized spacial score (nSPS) is 18.8. The van der Waals surface area contributed by atoms with Crippen molar-refractivity contribution in [2.24, 2.45) is 0 Å². The van der Waals surface area contributed by atoms with E-state index in [2.05, 4.69) is 66.5 Å². The van der Waals surface area contributed by atoms with Crippen LogP contribution in [-0.2, 0) is 6.42 Å². The smallest absolute Gasteiger partial charge is 0.119 e. The fourth-order valence-electron chi connectivity index (χ4n) is 2.92. The average Bonchev–Trinajstić information content (AvgIpc) is 2.93. The highest BCUT2D eigenvalue weighted by Crippen LogP contribution is 2.19. The summed E-state index contributed by atoms with van der Waals surface area (Å²) in [5, 5.41) is 0. The number of benzene rings is 2. The number of rotatable bonds is 5. The van der Waals surface area contributed by atoms with Crippen LogP contribution in [0.5, 0.6) is 5.75 Å². The number of hydrogen-bond acceptors (Lipinski definition) is 2. The lowest BCUT2D eigenvalue weighted by Crippen LogP contribution is -2.30. The largest absolute Gasteiger partial charge is 0.492 e. The molecule has 1 fully saturated rings. The van der Waals surface area contributed by atoms with Gasteiger partial charge in [-0.05, 0) is 56.1 Å².